The van der Waals surface area contributed by atoms with E-state index in [1.54, 1.807) is 36.0 Å². The van der Waals surface area contributed by atoms with Crippen LogP contribution in [0.15, 0.2) is 53.0 Å². The first-order valence-corrected chi connectivity index (χ1v) is 12.8. The van der Waals surface area contributed by atoms with Crippen LogP contribution in [0.4, 0.5) is 5.69 Å². The molecule has 2 aromatic rings. The molecule has 0 atom stereocenters. The van der Waals surface area contributed by atoms with Crippen LogP contribution in [0, 0.1) is 0 Å². The van der Waals surface area contributed by atoms with Gasteiger partial charge in [-0.15, -0.1) is 0 Å². The van der Waals surface area contributed by atoms with Crippen LogP contribution in [-0.2, 0) is 20.6 Å². The molecule has 0 bridgehead atoms. The third kappa shape index (κ3) is 8.03. The predicted octanol–water partition coefficient (Wildman–Crippen LogP) is 4.31. The summed E-state index contributed by atoms with van der Waals surface area (Å²) in [6.45, 7) is 0.259. The third-order valence-corrected chi connectivity index (χ3v) is 6.77. The summed E-state index contributed by atoms with van der Waals surface area (Å²) in [6, 6.07) is 14.5. The Hall–Kier alpha value is -1.22. The first-order chi connectivity index (χ1) is 13.3. The van der Waals surface area contributed by atoms with Gasteiger partial charge >= 0.3 is 0 Å². The van der Waals surface area contributed by atoms with E-state index in [1.165, 1.54) is 5.56 Å². The molecule has 2 aromatic carbocycles. The molecule has 0 aliphatic heterocycles. The van der Waals surface area contributed by atoms with Gasteiger partial charge in [-0.2, -0.15) is 11.8 Å². The van der Waals surface area contributed by atoms with Crippen molar-refractivity contribution in [3.05, 3.63) is 63.6 Å². The highest BCUT2D eigenvalue weighted by Crippen LogP contribution is 2.20. The van der Waals surface area contributed by atoms with Crippen LogP contribution in [0.3, 0.4) is 0 Å². The van der Waals surface area contributed by atoms with Crippen molar-refractivity contribution in [3.8, 4) is 0 Å². The van der Waals surface area contributed by atoms with Crippen LogP contribution in [0.1, 0.15) is 12.0 Å². The minimum atomic E-state index is -3.56. The van der Waals surface area contributed by atoms with Gasteiger partial charge in [-0.25, -0.2) is 8.42 Å². The Morgan fingerprint density at radius 2 is 1.93 bits per heavy atom. The van der Waals surface area contributed by atoms with E-state index in [1.807, 2.05) is 24.3 Å². The summed E-state index contributed by atoms with van der Waals surface area (Å²) in [5.41, 5.74) is 1.62. The van der Waals surface area contributed by atoms with E-state index >= 15 is 0 Å². The Morgan fingerprint density at radius 3 is 2.57 bits per heavy atom. The molecule has 28 heavy (non-hydrogen) atoms. The maximum atomic E-state index is 12.2. The highest BCUT2D eigenvalue weighted by Gasteiger charge is 2.20. The second-order valence-corrected chi connectivity index (χ2v) is 10.5. The van der Waals surface area contributed by atoms with E-state index in [0.29, 0.717) is 12.2 Å². The summed E-state index contributed by atoms with van der Waals surface area (Å²) in [7, 11) is -3.56. The van der Waals surface area contributed by atoms with Crippen molar-refractivity contribution < 1.29 is 13.2 Å². The van der Waals surface area contributed by atoms with E-state index in [9.17, 15) is 13.2 Å². The summed E-state index contributed by atoms with van der Waals surface area (Å²) in [5, 5.41) is 3.51. The van der Waals surface area contributed by atoms with E-state index in [0.717, 1.165) is 38.0 Å². The number of benzene rings is 2. The van der Waals surface area contributed by atoms with Gasteiger partial charge in [-0.1, -0.05) is 39.7 Å². The number of amides is 1. The molecule has 0 aliphatic rings. The molecule has 0 unspecified atom stereocenters. The second kappa shape index (κ2) is 11.1. The van der Waals surface area contributed by atoms with E-state index in [-0.39, 0.29) is 12.5 Å². The van der Waals surface area contributed by atoms with Crippen molar-refractivity contribution in [3.63, 3.8) is 0 Å². The Kier molecular flexibility index (Phi) is 9.14. The fourth-order valence-corrected chi connectivity index (χ4v) is 4.65. The normalized spacial score (nSPS) is 11.2. The molecule has 0 aromatic heterocycles. The third-order valence-electron chi connectivity index (χ3n) is 3.75. The van der Waals surface area contributed by atoms with Crippen molar-refractivity contribution in [1.29, 1.82) is 0 Å². The lowest BCUT2D eigenvalue weighted by Gasteiger charge is -2.22. The molecule has 0 spiro atoms. The number of carbonyl (C=O) groups excluding carboxylic acids is 1. The van der Waals surface area contributed by atoms with Crippen molar-refractivity contribution in [1.82, 2.24) is 5.32 Å². The number of halogens is 2. The average Bonchev–Trinajstić information content (AvgIpc) is 2.63. The molecule has 9 heteroatoms. The molecule has 0 saturated heterocycles. The monoisotopic (exact) mass is 504 g/mol. The summed E-state index contributed by atoms with van der Waals surface area (Å²) in [5.74, 6) is 1.42. The summed E-state index contributed by atoms with van der Waals surface area (Å²) >= 11 is 11.0. The molecule has 1 amide bonds. The van der Waals surface area contributed by atoms with Gasteiger partial charge in [0.15, 0.2) is 0 Å². The standard InChI is InChI=1S/C19H22BrClN2O3S2/c1-28(25,26)23(18-8-6-16(20)7-9-18)13-19(24)22-10-3-11-27-14-15-4-2-5-17(21)12-15/h2,4-9,12H,3,10-11,13-14H2,1H3,(H,22,24). The second-order valence-electron chi connectivity index (χ2n) is 6.13. The smallest absolute Gasteiger partial charge is 0.240 e. The van der Waals surface area contributed by atoms with Gasteiger partial charge in [0.1, 0.15) is 6.54 Å². The van der Waals surface area contributed by atoms with Gasteiger partial charge in [-0.3, -0.25) is 9.10 Å². The van der Waals surface area contributed by atoms with Gasteiger partial charge in [0.05, 0.1) is 11.9 Å². The van der Waals surface area contributed by atoms with Crippen LogP contribution in [-0.4, -0.2) is 39.4 Å². The van der Waals surface area contributed by atoms with E-state index in [4.69, 9.17) is 11.6 Å². The van der Waals surface area contributed by atoms with Gasteiger partial charge in [0.2, 0.25) is 15.9 Å². The lowest BCUT2D eigenvalue weighted by molar-refractivity contribution is -0.119. The number of rotatable bonds is 10. The van der Waals surface area contributed by atoms with Gasteiger partial charge in [-0.05, 0) is 54.1 Å². The molecule has 0 radical (unpaired) electrons. The summed E-state index contributed by atoms with van der Waals surface area (Å²) < 4.78 is 26.0. The number of hydrogen-bond donors (Lipinski definition) is 1. The number of thioether (sulfide) groups is 1. The molecule has 2 rings (SSSR count). The highest BCUT2D eigenvalue weighted by atomic mass is 79.9. The van der Waals surface area contributed by atoms with Crippen molar-refractivity contribution in [2.24, 2.45) is 0 Å². The molecule has 0 saturated carbocycles. The number of hydrogen-bond acceptors (Lipinski definition) is 4. The van der Waals surface area contributed by atoms with Crippen LogP contribution in [0.25, 0.3) is 0 Å². The Balaban J connectivity index is 1.74. The largest absolute Gasteiger partial charge is 0.354 e. The lowest BCUT2D eigenvalue weighted by Crippen LogP contribution is -2.40. The fraction of sp³-hybridized carbons (Fsp3) is 0.316. The zero-order valence-corrected chi connectivity index (χ0v) is 19.4. The molecule has 0 aliphatic carbocycles. The maximum absolute atomic E-state index is 12.2. The van der Waals surface area contributed by atoms with Crippen molar-refractivity contribution >= 4 is 60.9 Å². The van der Waals surface area contributed by atoms with Crippen LogP contribution < -0.4 is 9.62 Å². The average molecular weight is 506 g/mol. The van der Waals surface area contributed by atoms with Gasteiger partial charge in [0, 0.05) is 21.8 Å². The number of sulfonamides is 1. The lowest BCUT2D eigenvalue weighted by atomic mass is 10.2. The molecular formula is C19H22BrClN2O3S2. The predicted molar refractivity (Wildman–Crippen MR) is 122 cm³/mol. The number of anilines is 1. The molecule has 0 heterocycles. The van der Waals surface area contributed by atoms with Gasteiger partial charge in [0.25, 0.3) is 0 Å². The first-order valence-electron chi connectivity index (χ1n) is 8.58. The van der Waals surface area contributed by atoms with Crippen LogP contribution in [0.2, 0.25) is 5.02 Å². The molecule has 5 nitrogen and oxygen atoms in total. The maximum Gasteiger partial charge on any atom is 0.240 e. The quantitative estimate of drug-likeness (QED) is 0.489. The Bertz CT molecular complexity index is 892. The van der Waals surface area contributed by atoms with E-state index < -0.39 is 10.0 Å². The zero-order chi connectivity index (χ0) is 20.6. The number of nitrogens with zero attached hydrogens (tertiary/aromatic N) is 1. The minimum absolute atomic E-state index is 0.240. The zero-order valence-electron chi connectivity index (χ0n) is 15.4. The number of nitrogens with one attached hydrogen (secondary N) is 1. The van der Waals surface area contributed by atoms with Crippen LogP contribution in [0.5, 0.6) is 0 Å². The summed E-state index contributed by atoms with van der Waals surface area (Å²) in [4.78, 5) is 12.2. The van der Waals surface area contributed by atoms with Crippen LogP contribution >= 0.6 is 39.3 Å². The highest BCUT2D eigenvalue weighted by molar-refractivity contribution is 9.10. The SMILES string of the molecule is CS(=O)(=O)N(CC(=O)NCCCSCc1cccc(Cl)c1)c1ccc(Br)cc1. The Labute approximate surface area is 184 Å². The number of carbonyl (C=O) groups is 1. The fourth-order valence-electron chi connectivity index (χ4n) is 2.41. The molecule has 152 valence electrons. The Morgan fingerprint density at radius 1 is 1.21 bits per heavy atom. The first kappa shape index (κ1) is 23.1. The molecular weight excluding hydrogens is 484 g/mol. The van der Waals surface area contributed by atoms with Crippen molar-refractivity contribution in [2.75, 3.05) is 29.4 Å². The minimum Gasteiger partial charge on any atom is -0.354 e. The molecule has 1 N–H and O–H groups in total. The topological polar surface area (TPSA) is 66.5 Å². The molecule has 0 fully saturated rings. The summed E-state index contributed by atoms with van der Waals surface area (Å²) in [6.07, 6.45) is 1.89. The van der Waals surface area contributed by atoms with Gasteiger partial charge < -0.3 is 5.32 Å². The van der Waals surface area contributed by atoms with E-state index in [2.05, 4.69) is 21.2 Å². The van der Waals surface area contributed by atoms with Crippen molar-refractivity contribution in [2.45, 2.75) is 12.2 Å².